The second-order valence-corrected chi connectivity index (χ2v) is 4.91. The van der Waals surface area contributed by atoms with Crippen LogP contribution in [0.2, 0.25) is 0 Å². The molecule has 0 aromatic carbocycles. The maximum absolute atomic E-state index is 11.9. The third-order valence-corrected chi connectivity index (χ3v) is 3.60. The summed E-state index contributed by atoms with van der Waals surface area (Å²) in [4.78, 5) is 35.6. The lowest BCUT2D eigenvalue weighted by Crippen LogP contribution is -3.18. The maximum atomic E-state index is 11.9. The zero-order valence-electron chi connectivity index (χ0n) is 12.2. The van der Waals surface area contributed by atoms with E-state index in [0.717, 1.165) is 24.3 Å². The Labute approximate surface area is 118 Å². The molecule has 1 fully saturated rings. The van der Waals surface area contributed by atoms with Gasteiger partial charge in [0.05, 0.1) is 26.8 Å². The number of amides is 2. The Bertz CT molecular complexity index is 372. The van der Waals surface area contributed by atoms with Crippen molar-refractivity contribution in [2.45, 2.75) is 32.7 Å². The first kappa shape index (κ1) is 16.4. The van der Waals surface area contributed by atoms with Crippen LogP contribution in [-0.4, -0.2) is 50.8 Å². The Balaban J connectivity index is 2.55. The van der Waals surface area contributed by atoms with Gasteiger partial charge in [-0.05, 0) is 26.7 Å². The molecular formula is C13H23N2O5+. The molecule has 1 unspecified atom stereocenters. The van der Waals surface area contributed by atoms with E-state index < -0.39 is 18.0 Å². The van der Waals surface area contributed by atoms with Crippen LogP contribution in [0.3, 0.4) is 0 Å². The minimum absolute atomic E-state index is 0.174. The molecule has 0 aliphatic carbocycles. The highest BCUT2D eigenvalue weighted by Gasteiger charge is 2.35. The van der Waals surface area contributed by atoms with Crippen molar-refractivity contribution in [1.29, 1.82) is 0 Å². The Morgan fingerprint density at radius 3 is 2.70 bits per heavy atom. The second-order valence-electron chi connectivity index (χ2n) is 4.91. The Kier molecular flexibility index (Phi) is 6.44. The van der Waals surface area contributed by atoms with E-state index in [1.807, 2.05) is 0 Å². The van der Waals surface area contributed by atoms with Crippen LogP contribution in [0, 0.1) is 5.92 Å². The Morgan fingerprint density at radius 1 is 1.40 bits per heavy atom. The van der Waals surface area contributed by atoms with Crippen molar-refractivity contribution >= 4 is 18.0 Å². The fourth-order valence-corrected chi connectivity index (χ4v) is 2.40. The van der Waals surface area contributed by atoms with Gasteiger partial charge in [-0.15, -0.1) is 0 Å². The van der Waals surface area contributed by atoms with E-state index >= 15 is 0 Å². The van der Waals surface area contributed by atoms with Crippen LogP contribution in [0.25, 0.3) is 0 Å². The summed E-state index contributed by atoms with van der Waals surface area (Å²) in [5.74, 6) is -0.770. The van der Waals surface area contributed by atoms with E-state index in [9.17, 15) is 14.4 Å². The van der Waals surface area contributed by atoms with Crippen molar-refractivity contribution in [1.82, 2.24) is 5.32 Å². The number of carbonyl (C=O) groups is 3. The largest absolute Gasteiger partial charge is 0.466 e. The lowest BCUT2D eigenvalue weighted by atomic mass is 9.97. The van der Waals surface area contributed by atoms with Gasteiger partial charge < -0.3 is 14.4 Å². The maximum Gasteiger partial charge on any atom is 0.413 e. The average molecular weight is 287 g/mol. The molecule has 20 heavy (non-hydrogen) atoms. The van der Waals surface area contributed by atoms with Gasteiger partial charge in [-0.3, -0.25) is 14.9 Å². The number of esters is 1. The number of imide groups is 1. The van der Waals surface area contributed by atoms with Gasteiger partial charge in [-0.1, -0.05) is 0 Å². The van der Waals surface area contributed by atoms with E-state index in [2.05, 4.69) is 10.1 Å². The molecule has 1 aliphatic heterocycles. The zero-order valence-corrected chi connectivity index (χ0v) is 12.2. The number of likely N-dealkylation sites (tertiary alicyclic amines) is 1. The molecule has 0 bridgehead atoms. The van der Waals surface area contributed by atoms with E-state index in [1.165, 1.54) is 7.11 Å². The lowest BCUT2D eigenvalue weighted by molar-refractivity contribution is -0.921. The summed E-state index contributed by atoms with van der Waals surface area (Å²) in [5, 5.41) is 2.16. The highest BCUT2D eigenvalue weighted by molar-refractivity contribution is 5.93. The fraction of sp³-hybridized carbons (Fsp3) is 0.769. The molecule has 1 saturated heterocycles. The first-order valence-corrected chi connectivity index (χ1v) is 6.89. The average Bonchev–Trinajstić information content (AvgIpc) is 2.46. The van der Waals surface area contributed by atoms with Gasteiger partial charge in [0.2, 0.25) is 0 Å². The van der Waals surface area contributed by atoms with Gasteiger partial charge in [-0.25, -0.2) is 4.79 Å². The van der Waals surface area contributed by atoms with Gasteiger partial charge in [0.15, 0.2) is 6.04 Å². The van der Waals surface area contributed by atoms with Crippen molar-refractivity contribution < 1.29 is 28.8 Å². The predicted octanol–water partition coefficient (Wildman–Crippen LogP) is -0.884. The molecule has 114 valence electrons. The molecular weight excluding hydrogens is 264 g/mol. The topological polar surface area (TPSA) is 86.1 Å². The summed E-state index contributed by atoms with van der Waals surface area (Å²) in [7, 11) is 1.21. The monoisotopic (exact) mass is 287 g/mol. The van der Waals surface area contributed by atoms with Crippen molar-refractivity contribution in [2.24, 2.45) is 5.92 Å². The molecule has 1 heterocycles. The number of carbonyl (C=O) groups excluding carboxylic acids is 3. The lowest BCUT2D eigenvalue weighted by Gasteiger charge is -2.31. The number of hydrogen-bond acceptors (Lipinski definition) is 5. The van der Waals surface area contributed by atoms with Gasteiger partial charge in [0.25, 0.3) is 5.91 Å². The van der Waals surface area contributed by atoms with Crippen LogP contribution in [0.4, 0.5) is 4.79 Å². The highest BCUT2D eigenvalue weighted by atomic mass is 16.5. The van der Waals surface area contributed by atoms with E-state index in [0.29, 0.717) is 13.2 Å². The summed E-state index contributed by atoms with van der Waals surface area (Å²) in [5.41, 5.74) is 0. The molecule has 2 N–H and O–H groups in total. The Morgan fingerprint density at radius 2 is 2.10 bits per heavy atom. The molecule has 3 atom stereocenters. The minimum Gasteiger partial charge on any atom is -0.466 e. The number of ether oxygens (including phenoxy) is 2. The quantitative estimate of drug-likeness (QED) is 0.656. The summed E-state index contributed by atoms with van der Waals surface area (Å²) < 4.78 is 9.42. The number of quaternary nitrogens is 1. The molecule has 1 rings (SSSR count). The van der Waals surface area contributed by atoms with E-state index in [4.69, 9.17) is 4.74 Å². The van der Waals surface area contributed by atoms with Gasteiger partial charge in [0.1, 0.15) is 5.92 Å². The standard InChI is InChI=1S/C13H22N2O5/c1-4-20-12(17)10-6-5-7-15(8-10)9(2)11(16)14-13(18)19-3/h9-10H,4-8H2,1-3H3,(H,14,16,18)/p+1/t9-,10-/m0/s1. The van der Waals surface area contributed by atoms with Crippen LogP contribution in [0.1, 0.15) is 26.7 Å². The smallest absolute Gasteiger partial charge is 0.413 e. The number of nitrogens with one attached hydrogen (secondary N) is 2. The second kappa shape index (κ2) is 7.84. The van der Waals surface area contributed by atoms with Crippen LogP contribution >= 0.6 is 0 Å². The molecule has 7 nitrogen and oxygen atoms in total. The summed E-state index contributed by atoms with van der Waals surface area (Å²) >= 11 is 0. The van der Waals surface area contributed by atoms with Crippen LogP contribution in [-0.2, 0) is 19.1 Å². The van der Waals surface area contributed by atoms with E-state index in [-0.39, 0.29) is 11.9 Å². The van der Waals surface area contributed by atoms with Crippen molar-refractivity contribution in [3.05, 3.63) is 0 Å². The van der Waals surface area contributed by atoms with Crippen LogP contribution < -0.4 is 10.2 Å². The number of rotatable bonds is 4. The zero-order chi connectivity index (χ0) is 15.1. The number of alkyl carbamates (subject to hydrolysis) is 1. The molecule has 0 saturated carbocycles. The van der Waals surface area contributed by atoms with Crippen molar-refractivity contribution in [2.75, 3.05) is 26.8 Å². The third kappa shape index (κ3) is 4.48. The number of piperidine rings is 1. The predicted molar refractivity (Wildman–Crippen MR) is 70.1 cm³/mol. The molecule has 1 aliphatic rings. The summed E-state index contributed by atoms with van der Waals surface area (Å²) in [6.45, 7) is 5.22. The van der Waals surface area contributed by atoms with Crippen LogP contribution in [0.15, 0.2) is 0 Å². The molecule has 0 aromatic rings. The molecule has 0 aromatic heterocycles. The highest BCUT2D eigenvalue weighted by Crippen LogP contribution is 2.09. The SMILES string of the molecule is CCOC(=O)[C@H]1CCC[NH+]([C@@H](C)C(=O)NC(=O)OC)C1. The summed E-state index contributed by atoms with van der Waals surface area (Å²) in [6.07, 6.45) is 0.878. The van der Waals surface area contributed by atoms with Gasteiger partial charge >= 0.3 is 12.1 Å². The first-order chi connectivity index (χ1) is 9.49. The molecule has 0 spiro atoms. The fourth-order valence-electron chi connectivity index (χ4n) is 2.40. The number of methoxy groups -OCH3 is 1. The Hall–Kier alpha value is -1.63. The van der Waals surface area contributed by atoms with Gasteiger partial charge in [-0.2, -0.15) is 0 Å². The minimum atomic E-state index is -0.764. The van der Waals surface area contributed by atoms with E-state index in [1.54, 1.807) is 13.8 Å². The van der Waals surface area contributed by atoms with Crippen LogP contribution in [0.5, 0.6) is 0 Å². The molecule has 7 heteroatoms. The van der Waals surface area contributed by atoms with Crippen molar-refractivity contribution in [3.63, 3.8) is 0 Å². The molecule has 2 amide bonds. The number of hydrogen-bond donors (Lipinski definition) is 2. The first-order valence-electron chi connectivity index (χ1n) is 6.89. The van der Waals surface area contributed by atoms with Crippen molar-refractivity contribution in [3.8, 4) is 0 Å². The summed E-state index contributed by atoms with van der Waals surface area (Å²) in [6, 6.07) is -0.411. The normalized spacial score (nSPS) is 23.6. The van der Waals surface area contributed by atoms with Gasteiger partial charge in [0, 0.05) is 0 Å². The molecule has 0 radical (unpaired) electrons. The third-order valence-electron chi connectivity index (χ3n) is 3.60.